The van der Waals surface area contributed by atoms with E-state index in [9.17, 15) is 0 Å². The van der Waals surface area contributed by atoms with Gasteiger partial charge in [-0.15, -0.1) is 0 Å². The van der Waals surface area contributed by atoms with Crippen LogP contribution in [0.1, 0.15) is 102 Å². The molecule has 40 heavy (non-hydrogen) atoms. The van der Waals surface area contributed by atoms with Crippen LogP contribution < -0.4 is 5.79 Å². The maximum absolute atomic E-state index is 2.66. The number of fused-ring (bicyclic) bond motifs is 5. The third-order valence-corrected chi connectivity index (χ3v) is 29.8. The Hall–Kier alpha value is 0.217. The van der Waals surface area contributed by atoms with Gasteiger partial charge in [0, 0.05) is 0 Å². The Labute approximate surface area is 262 Å². The summed E-state index contributed by atoms with van der Waals surface area (Å²) in [7, 11) is 0. The molecule has 4 heteroatoms. The molecule has 4 aromatic rings. The summed E-state index contributed by atoms with van der Waals surface area (Å²) < 4.78 is 6.72. The summed E-state index contributed by atoms with van der Waals surface area (Å²) in [5.74, 6) is 0. The minimum atomic E-state index is -2.18. The first-order valence-corrected chi connectivity index (χ1v) is 38.1. The molecule has 0 aliphatic rings. The third kappa shape index (κ3) is 8.23. The summed E-state index contributed by atoms with van der Waals surface area (Å²) in [4.78, 5) is 15.6. The van der Waals surface area contributed by atoms with Crippen LogP contribution in [0.25, 0.3) is 30.9 Å². The van der Waals surface area contributed by atoms with Gasteiger partial charge >= 0.3 is 265 Å². The van der Waals surface area contributed by atoms with Crippen LogP contribution in [0.2, 0.25) is 29.6 Å². The van der Waals surface area contributed by atoms with Crippen molar-refractivity contribution in [3.05, 3.63) is 35.4 Å². The van der Waals surface area contributed by atoms with Crippen LogP contribution in [0, 0.1) is 0 Å². The van der Waals surface area contributed by atoms with Crippen LogP contribution in [-0.4, -0.2) is 36.8 Å². The van der Waals surface area contributed by atoms with Crippen molar-refractivity contribution in [2.45, 2.75) is 133 Å². The molecule has 0 N–H and O–H groups in total. The third-order valence-electron chi connectivity index (χ3n) is 8.65. The standard InChI is InChI=1S/C30H38S2.6CH3.2Sn/c1-3-5-7-9-11-13-15-23-21-27-28(29-25(23)17-19-31-29)22-24(26-18-20-32-30(26)27)16-14-12-10-8-6-4-2;;;;;;;;/h17-18,21-22H,3-16H2,1-2H3;6*1H3;;. The molecule has 0 saturated carbocycles. The average Bonchev–Trinajstić information content (AvgIpc) is 3.54. The van der Waals surface area contributed by atoms with Crippen LogP contribution in [0.15, 0.2) is 24.3 Å². The van der Waals surface area contributed by atoms with E-state index in [4.69, 9.17) is 0 Å². The van der Waals surface area contributed by atoms with Crippen molar-refractivity contribution in [2.24, 2.45) is 0 Å². The van der Waals surface area contributed by atoms with Crippen molar-refractivity contribution in [2.75, 3.05) is 0 Å². The Bertz CT molecular complexity index is 1290. The second-order valence-electron chi connectivity index (χ2n) is 14.4. The molecule has 0 amide bonds. The number of benzene rings is 2. The number of hydrogen-bond donors (Lipinski definition) is 0. The Morgan fingerprint density at radius 1 is 0.450 bits per heavy atom. The van der Waals surface area contributed by atoms with Gasteiger partial charge in [0.2, 0.25) is 0 Å². The molecule has 2 heterocycles. The van der Waals surface area contributed by atoms with E-state index in [1.54, 1.807) is 47.9 Å². The topological polar surface area (TPSA) is 0 Å². The van der Waals surface area contributed by atoms with Crippen LogP contribution in [0.3, 0.4) is 0 Å². The Morgan fingerprint density at radius 3 is 1.15 bits per heavy atom. The molecule has 220 valence electrons. The summed E-state index contributed by atoms with van der Waals surface area (Å²) in [6, 6.07) is 10.6. The number of hydrogen-bond acceptors (Lipinski definition) is 2. The van der Waals surface area contributed by atoms with Crippen LogP contribution in [-0.2, 0) is 12.8 Å². The average molecular weight is 790 g/mol. The molecular weight excluding hydrogens is 734 g/mol. The number of thiophene rings is 2. The van der Waals surface area contributed by atoms with Gasteiger partial charge in [-0.2, -0.15) is 0 Å². The summed E-state index contributed by atoms with van der Waals surface area (Å²) in [6.45, 7) is 4.64. The first-order chi connectivity index (χ1) is 19.0. The van der Waals surface area contributed by atoms with Gasteiger partial charge in [-0.05, 0) is 0 Å². The van der Waals surface area contributed by atoms with E-state index in [-0.39, 0.29) is 0 Å². The van der Waals surface area contributed by atoms with Crippen LogP contribution >= 0.6 is 22.7 Å². The van der Waals surface area contributed by atoms with Gasteiger partial charge in [0.05, 0.1) is 0 Å². The maximum atomic E-state index is 2.66. The van der Waals surface area contributed by atoms with Gasteiger partial charge in [0.15, 0.2) is 0 Å². The fourth-order valence-corrected chi connectivity index (χ4v) is 18.9. The van der Waals surface area contributed by atoms with E-state index in [0.29, 0.717) is 0 Å². The van der Waals surface area contributed by atoms with Crippen LogP contribution in [0.4, 0.5) is 0 Å². The van der Waals surface area contributed by atoms with Crippen molar-refractivity contribution in [1.29, 1.82) is 0 Å². The second kappa shape index (κ2) is 14.8. The molecule has 0 unspecified atom stereocenters. The zero-order valence-electron chi connectivity index (χ0n) is 27.0. The number of rotatable bonds is 16. The number of unbranched alkanes of at least 4 members (excludes halogenated alkanes) is 10. The van der Waals surface area contributed by atoms with Crippen molar-refractivity contribution < 1.29 is 0 Å². The van der Waals surface area contributed by atoms with Crippen molar-refractivity contribution >= 4 is 96.2 Å². The van der Waals surface area contributed by atoms with E-state index in [0.717, 1.165) is 0 Å². The Kier molecular flexibility index (Phi) is 12.3. The predicted molar refractivity (Wildman–Crippen MR) is 195 cm³/mol. The van der Waals surface area contributed by atoms with Crippen molar-refractivity contribution in [1.82, 2.24) is 0 Å². The molecule has 0 nitrogen and oxygen atoms in total. The zero-order chi connectivity index (χ0) is 28.9. The van der Waals surface area contributed by atoms with Crippen LogP contribution in [0.5, 0.6) is 0 Å². The first-order valence-electron chi connectivity index (χ1n) is 16.5. The molecule has 0 spiro atoms. The Morgan fingerprint density at radius 2 is 0.800 bits per heavy atom. The molecule has 0 fully saturated rings. The summed E-state index contributed by atoms with van der Waals surface area (Å²) >= 11 is -0.00139. The SMILES string of the molecule is CCCCCCCCc1cc2c(cc(CCCCCCCC)c3c[c]([Sn]([CH3])([CH3])[CH3])sc32)c2s[c]([Sn]([CH3])([CH3])[CH3])cc12. The fraction of sp³-hybridized carbons (Fsp3) is 0.611. The summed E-state index contributed by atoms with van der Waals surface area (Å²) in [5.41, 5.74) is 3.27. The first kappa shape index (κ1) is 33.1. The van der Waals surface area contributed by atoms with E-state index in [1.165, 1.54) is 89.9 Å². The monoisotopic (exact) mass is 792 g/mol. The molecule has 0 radical (unpaired) electrons. The van der Waals surface area contributed by atoms with Gasteiger partial charge in [0.25, 0.3) is 0 Å². The molecule has 0 aliphatic carbocycles. The van der Waals surface area contributed by atoms with E-state index in [1.807, 2.05) is 0 Å². The van der Waals surface area contributed by atoms with Gasteiger partial charge in [0.1, 0.15) is 0 Å². The zero-order valence-corrected chi connectivity index (χ0v) is 34.4. The fourth-order valence-electron chi connectivity index (χ4n) is 6.04. The molecule has 4 rings (SSSR count). The molecule has 0 atom stereocenters. The van der Waals surface area contributed by atoms with Gasteiger partial charge in [-0.25, -0.2) is 0 Å². The van der Waals surface area contributed by atoms with Gasteiger partial charge in [-0.1, -0.05) is 0 Å². The second-order valence-corrected chi connectivity index (χ2v) is 47.3. The van der Waals surface area contributed by atoms with E-state index in [2.05, 4.69) is 90.4 Å². The molecule has 0 aliphatic heterocycles. The van der Waals surface area contributed by atoms with E-state index < -0.39 is 36.8 Å². The molecule has 0 saturated heterocycles. The molecule has 0 bridgehead atoms. The van der Waals surface area contributed by atoms with E-state index >= 15 is 0 Å². The Balaban J connectivity index is 1.81. The summed E-state index contributed by atoms with van der Waals surface area (Å²) in [5, 5.41) is 6.34. The number of aryl methyl sites for hydroxylation is 2. The summed E-state index contributed by atoms with van der Waals surface area (Å²) in [6.07, 6.45) is 19.0. The van der Waals surface area contributed by atoms with Crippen molar-refractivity contribution in [3.8, 4) is 0 Å². The molecule has 2 aromatic carbocycles. The molecule has 2 aromatic heterocycles. The quantitative estimate of drug-likeness (QED) is 0.0783. The van der Waals surface area contributed by atoms with Gasteiger partial charge < -0.3 is 0 Å². The van der Waals surface area contributed by atoms with Crippen molar-refractivity contribution in [3.63, 3.8) is 0 Å². The predicted octanol–water partition coefficient (Wildman–Crippen LogP) is 12.2. The molecular formula is C36H56S2Sn2. The normalized spacial score (nSPS) is 12.9. The minimum absolute atomic E-state index is 1.24. The van der Waals surface area contributed by atoms with Gasteiger partial charge in [-0.3, -0.25) is 0 Å².